The molecule has 2 aromatic heterocycles. The Morgan fingerprint density at radius 1 is 1.28 bits per heavy atom. The third-order valence-corrected chi connectivity index (χ3v) is 2.92. The van der Waals surface area contributed by atoms with Crippen molar-refractivity contribution >= 4 is 0 Å². The van der Waals surface area contributed by atoms with Crippen LogP contribution in [0.25, 0.3) is 0 Å². The Kier molecular flexibility index (Phi) is 4.10. The predicted octanol–water partition coefficient (Wildman–Crippen LogP) is 2.21. The number of hydrogen-bond acceptors (Lipinski definition) is 3. The summed E-state index contributed by atoms with van der Waals surface area (Å²) in [5.41, 5.74) is 3.40. The lowest BCUT2D eigenvalue weighted by molar-refractivity contribution is 0.596. The lowest BCUT2D eigenvalue weighted by Crippen LogP contribution is -2.23. The molecule has 0 spiro atoms. The molecule has 0 aromatic carbocycles. The van der Waals surface area contributed by atoms with E-state index in [0.29, 0.717) is 0 Å². The zero-order chi connectivity index (χ0) is 13.0. The van der Waals surface area contributed by atoms with Gasteiger partial charge in [-0.1, -0.05) is 13.0 Å². The molecule has 0 saturated heterocycles. The van der Waals surface area contributed by atoms with E-state index in [1.54, 1.807) is 0 Å². The summed E-state index contributed by atoms with van der Waals surface area (Å²) >= 11 is 0. The number of aromatic nitrogens is 3. The van der Waals surface area contributed by atoms with Crippen molar-refractivity contribution in [2.45, 2.75) is 26.3 Å². The van der Waals surface area contributed by atoms with Gasteiger partial charge in [0.05, 0.1) is 12.2 Å². The summed E-state index contributed by atoms with van der Waals surface area (Å²) in [4.78, 5) is 4.37. The highest BCUT2D eigenvalue weighted by Crippen LogP contribution is 2.20. The molecule has 1 unspecified atom stereocenters. The highest BCUT2D eigenvalue weighted by atomic mass is 15.2. The van der Waals surface area contributed by atoms with E-state index < -0.39 is 0 Å². The van der Waals surface area contributed by atoms with Crippen LogP contribution in [0.1, 0.15) is 36.2 Å². The Bertz CT molecular complexity index is 487. The summed E-state index contributed by atoms with van der Waals surface area (Å²) in [6.07, 6.45) is 7.01. The number of rotatable bonds is 5. The highest BCUT2D eigenvalue weighted by Gasteiger charge is 2.15. The van der Waals surface area contributed by atoms with E-state index in [9.17, 15) is 0 Å². The molecule has 1 atom stereocenters. The van der Waals surface area contributed by atoms with Gasteiger partial charge in [-0.15, -0.1) is 0 Å². The molecule has 0 bridgehead atoms. The molecule has 0 aliphatic rings. The van der Waals surface area contributed by atoms with Gasteiger partial charge in [0.25, 0.3) is 0 Å². The van der Waals surface area contributed by atoms with Crippen LogP contribution in [0.15, 0.2) is 30.7 Å². The van der Waals surface area contributed by atoms with Gasteiger partial charge in [-0.25, -0.2) is 0 Å². The number of aryl methyl sites for hydroxylation is 2. The van der Waals surface area contributed by atoms with Gasteiger partial charge in [-0.3, -0.25) is 9.67 Å². The van der Waals surface area contributed by atoms with Crippen molar-refractivity contribution < 1.29 is 0 Å². The smallest absolute Gasteiger partial charge is 0.0623 e. The standard InChI is InChI=1S/C14H20N4/c1-4-7-15-14(13-9-17-18(3)10-13)12-6-5-11(2)16-8-12/h5-6,8-10,14-15H,4,7H2,1-3H3. The lowest BCUT2D eigenvalue weighted by Gasteiger charge is -2.17. The molecular weight excluding hydrogens is 224 g/mol. The second kappa shape index (κ2) is 5.78. The third-order valence-electron chi connectivity index (χ3n) is 2.92. The van der Waals surface area contributed by atoms with Crippen LogP contribution in [0.2, 0.25) is 0 Å². The van der Waals surface area contributed by atoms with E-state index in [4.69, 9.17) is 0 Å². The SMILES string of the molecule is CCCNC(c1ccc(C)nc1)c1cnn(C)c1. The first kappa shape index (κ1) is 12.8. The summed E-state index contributed by atoms with van der Waals surface area (Å²) in [7, 11) is 1.94. The quantitative estimate of drug-likeness (QED) is 0.877. The molecule has 18 heavy (non-hydrogen) atoms. The molecule has 0 aliphatic carbocycles. The van der Waals surface area contributed by atoms with Gasteiger partial charge >= 0.3 is 0 Å². The van der Waals surface area contributed by atoms with Gasteiger partial charge in [0.15, 0.2) is 0 Å². The largest absolute Gasteiger partial charge is 0.306 e. The molecule has 0 amide bonds. The van der Waals surface area contributed by atoms with Crippen LogP contribution in [0, 0.1) is 6.92 Å². The zero-order valence-electron chi connectivity index (χ0n) is 11.2. The van der Waals surface area contributed by atoms with Gasteiger partial charge in [0, 0.05) is 30.7 Å². The molecule has 96 valence electrons. The Labute approximate surface area is 108 Å². The van der Waals surface area contributed by atoms with E-state index in [1.165, 1.54) is 11.1 Å². The van der Waals surface area contributed by atoms with Crippen LogP contribution >= 0.6 is 0 Å². The Balaban J connectivity index is 2.27. The predicted molar refractivity (Wildman–Crippen MR) is 72.3 cm³/mol. The molecule has 0 aliphatic heterocycles. The average Bonchev–Trinajstić information content (AvgIpc) is 2.78. The van der Waals surface area contributed by atoms with Crippen molar-refractivity contribution in [3.05, 3.63) is 47.5 Å². The van der Waals surface area contributed by atoms with Crippen LogP contribution in [-0.4, -0.2) is 21.3 Å². The Hall–Kier alpha value is -1.68. The summed E-state index contributed by atoms with van der Waals surface area (Å²) in [5, 5.41) is 7.79. The summed E-state index contributed by atoms with van der Waals surface area (Å²) in [6, 6.07) is 4.35. The summed E-state index contributed by atoms with van der Waals surface area (Å²) in [5.74, 6) is 0. The first-order chi connectivity index (χ1) is 8.70. The topological polar surface area (TPSA) is 42.7 Å². The van der Waals surface area contributed by atoms with E-state index in [0.717, 1.165) is 18.7 Å². The van der Waals surface area contributed by atoms with Crippen molar-refractivity contribution in [3.63, 3.8) is 0 Å². The molecule has 0 fully saturated rings. The normalized spacial score (nSPS) is 12.6. The van der Waals surface area contributed by atoms with E-state index in [2.05, 4.69) is 28.4 Å². The number of hydrogen-bond donors (Lipinski definition) is 1. The second-order valence-corrected chi connectivity index (χ2v) is 4.57. The van der Waals surface area contributed by atoms with Crippen molar-refractivity contribution in [2.24, 2.45) is 7.05 Å². The average molecular weight is 244 g/mol. The van der Waals surface area contributed by atoms with Crippen molar-refractivity contribution in [1.29, 1.82) is 0 Å². The van der Waals surface area contributed by atoms with Gasteiger partial charge in [-0.2, -0.15) is 5.10 Å². The van der Waals surface area contributed by atoms with Gasteiger partial charge < -0.3 is 5.32 Å². The maximum absolute atomic E-state index is 4.37. The molecular formula is C14H20N4. The molecule has 4 nitrogen and oxygen atoms in total. The van der Waals surface area contributed by atoms with Crippen molar-refractivity contribution in [1.82, 2.24) is 20.1 Å². The zero-order valence-corrected chi connectivity index (χ0v) is 11.2. The Morgan fingerprint density at radius 2 is 2.11 bits per heavy atom. The molecule has 2 heterocycles. The number of nitrogens with one attached hydrogen (secondary N) is 1. The van der Waals surface area contributed by atoms with E-state index >= 15 is 0 Å². The molecule has 2 rings (SSSR count). The van der Waals surface area contributed by atoms with Crippen molar-refractivity contribution in [2.75, 3.05) is 6.54 Å². The minimum Gasteiger partial charge on any atom is -0.306 e. The number of nitrogens with zero attached hydrogens (tertiary/aromatic N) is 3. The minimum absolute atomic E-state index is 0.173. The maximum atomic E-state index is 4.37. The van der Waals surface area contributed by atoms with Gasteiger partial charge in [0.2, 0.25) is 0 Å². The first-order valence-electron chi connectivity index (χ1n) is 6.35. The molecule has 1 N–H and O–H groups in total. The van der Waals surface area contributed by atoms with E-state index in [-0.39, 0.29) is 6.04 Å². The number of pyridine rings is 1. The fourth-order valence-corrected chi connectivity index (χ4v) is 1.96. The monoisotopic (exact) mass is 244 g/mol. The first-order valence-corrected chi connectivity index (χ1v) is 6.35. The highest BCUT2D eigenvalue weighted by molar-refractivity contribution is 5.27. The van der Waals surface area contributed by atoms with Crippen LogP contribution in [-0.2, 0) is 7.05 Å². The minimum atomic E-state index is 0.173. The lowest BCUT2D eigenvalue weighted by atomic mass is 10.0. The van der Waals surface area contributed by atoms with Gasteiger partial charge in [0.1, 0.15) is 0 Å². The van der Waals surface area contributed by atoms with Crippen LogP contribution in [0.4, 0.5) is 0 Å². The molecule has 4 heteroatoms. The molecule has 2 aromatic rings. The fraction of sp³-hybridized carbons (Fsp3) is 0.429. The van der Waals surface area contributed by atoms with E-state index in [1.807, 2.05) is 43.3 Å². The van der Waals surface area contributed by atoms with Crippen LogP contribution in [0.5, 0.6) is 0 Å². The second-order valence-electron chi connectivity index (χ2n) is 4.57. The summed E-state index contributed by atoms with van der Waals surface area (Å²) in [6.45, 7) is 5.15. The third kappa shape index (κ3) is 2.96. The molecule has 0 saturated carbocycles. The summed E-state index contributed by atoms with van der Waals surface area (Å²) < 4.78 is 1.83. The molecule has 0 radical (unpaired) electrons. The van der Waals surface area contributed by atoms with Gasteiger partial charge in [-0.05, 0) is 31.5 Å². The fourth-order valence-electron chi connectivity index (χ4n) is 1.96. The Morgan fingerprint density at radius 3 is 2.67 bits per heavy atom. The maximum Gasteiger partial charge on any atom is 0.0623 e. The van der Waals surface area contributed by atoms with Crippen molar-refractivity contribution in [3.8, 4) is 0 Å². The van der Waals surface area contributed by atoms with Crippen LogP contribution < -0.4 is 5.32 Å². The van der Waals surface area contributed by atoms with Crippen LogP contribution in [0.3, 0.4) is 0 Å².